The molecule has 6 heteroatoms. The first-order valence-electron chi connectivity index (χ1n) is 7.31. The number of carbonyl (C=O) groups is 2. The highest BCUT2D eigenvalue weighted by Crippen LogP contribution is 2.17. The Hall–Kier alpha value is -2.11. The van der Waals surface area contributed by atoms with Gasteiger partial charge in [-0.25, -0.2) is 9.59 Å². The van der Waals surface area contributed by atoms with E-state index in [0.717, 1.165) is 5.56 Å². The summed E-state index contributed by atoms with van der Waals surface area (Å²) in [6.07, 6.45) is 3.55. The fourth-order valence-corrected chi connectivity index (χ4v) is 2.67. The van der Waals surface area contributed by atoms with E-state index >= 15 is 0 Å². The molecule has 3 rings (SSSR count). The second-order valence-electron chi connectivity index (χ2n) is 5.43. The van der Waals surface area contributed by atoms with Crippen molar-refractivity contribution >= 4 is 23.5 Å². The van der Waals surface area contributed by atoms with Gasteiger partial charge in [-0.1, -0.05) is 23.7 Å². The molecule has 2 aliphatic heterocycles. The molecule has 2 aliphatic rings. The maximum atomic E-state index is 11.7. The van der Waals surface area contributed by atoms with Gasteiger partial charge in [0.15, 0.2) is 0 Å². The summed E-state index contributed by atoms with van der Waals surface area (Å²) in [5, 5.41) is 0.671. The third kappa shape index (κ3) is 4.00. The SMILES string of the molecule is O=C1OCC=C1CN(CC1=CCOC1=O)Cc1ccc(Cl)cc1. The maximum Gasteiger partial charge on any atom is 0.335 e. The van der Waals surface area contributed by atoms with Crippen LogP contribution in [0.15, 0.2) is 47.6 Å². The van der Waals surface area contributed by atoms with E-state index < -0.39 is 0 Å². The molecule has 0 atom stereocenters. The van der Waals surface area contributed by atoms with Crippen LogP contribution in [-0.4, -0.2) is 43.1 Å². The molecule has 5 nitrogen and oxygen atoms in total. The van der Waals surface area contributed by atoms with Crippen molar-refractivity contribution in [3.8, 4) is 0 Å². The topological polar surface area (TPSA) is 55.8 Å². The van der Waals surface area contributed by atoms with E-state index in [4.69, 9.17) is 21.1 Å². The van der Waals surface area contributed by atoms with Crippen molar-refractivity contribution in [3.63, 3.8) is 0 Å². The van der Waals surface area contributed by atoms with Crippen molar-refractivity contribution in [1.29, 1.82) is 0 Å². The van der Waals surface area contributed by atoms with Gasteiger partial charge in [-0.3, -0.25) is 4.90 Å². The lowest BCUT2D eigenvalue weighted by Gasteiger charge is -2.22. The summed E-state index contributed by atoms with van der Waals surface area (Å²) in [4.78, 5) is 25.3. The molecule has 1 aromatic rings. The van der Waals surface area contributed by atoms with Gasteiger partial charge in [0.25, 0.3) is 0 Å². The smallest absolute Gasteiger partial charge is 0.335 e. The predicted octanol–water partition coefficient (Wildman–Crippen LogP) is 2.11. The normalized spacial score (nSPS) is 17.1. The highest BCUT2D eigenvalue weighted by Gasteiger charge is 2.24. The standard InChI is InChI=1S/C17H16ClNO4/c18-15-3-1-12(2-4-15)9-19(10-13-5-7-22-16(13)20)11-14-6-8-23-17(14)21/h1-6H,7-11H2. The number of esters is 2. The summed E-state index contributed by atoms with van der Waals surface area (Å²) < 4.78 is 9.88. The van der Waals surface area contributed by atoms with Crippen molar-refractivity contribution in [2.75, 3.05) is 26.3 Å². The summed E-state index contributed by atoms with van der Waals surface area (Å²) in [5.41, 5.74) is 2.28. The number of carbonyl (C=O) groups excluding carboxylic acids is 2. The van der Waals surface area contributed by atoms with E-state index in [-0.39, 0.29) is 11.9 Å². The van der Waals surface area contributed by atoms with Gasteiger partial charge in [-0.15, -0.1) is 0 Å². The molecule has 2 heterocycles. The molecule has 0 amide bonds. The number of ether oxygens (including phenoxy) is 2. The van der Waals surface area contributed by atoms with E-state index in [2.05, 4.69) is 0 Å². The van der Waals surface area contributed by atoms with E-state index in [0.29, 0.717) is 49.0 Å². The van der Waals surface area contributed by atoms with E-state index in [1.807, 2.05) is 29.2 Å². The summed E-state index contributed by atoms with van der Waals surface area (Å²) in [7, 11) is 0. The second kappa shape index (κ2) is 6.98. The molecule has 0 aliphatic carbocycles. The molecule has 0 fully saturated rings. The van der Waals surface area contributed by atoms with Gasteiger partial charge in [0.1, 0.15) is 13.2 Å². The van der Waals surface area contributed by atoms with Crippen LogP contribution in [0.3, 0.4) is 0 Å². The quantitative estimate of drug-likeness (QED) is 0.746. The number of halogens is 1. The largest absolute Gasteiger partial charge is 0.458 e. The zero-order chi connectivity index (χ0) is 16.2. The Labute approximate surface area is 139 Å². The minimum absolute atomic E-state index is 0.297. The van der Waals surface area contributed by atoms with Crippen molar-refractivity contribution < 1.29 is 19.1 Å². The summed E-state index contributed by atoms with van der Waals surface area (Å²) in [5.74, 6) is -0.594. The molecule has 0 unspecified atom stereocenters. The molecule has 1 aromatic carbocycles. The maximum absolute atomic E-state index is 11.7. The number of nitrogens with zero attached hydrogens (tertiary/aromatic N) is 1. The van der Waals surface area contributed by atoms with E-state index in [1.54, 1.807) is 12.2 Å². The Balaban J connectivity index is 1.73. The van der Waals surface area contributed by atoms with Crippen molar-refractivity contribution in [2.24, 2.45) is 0 Å². The summed E-state index contributed by atoms with van der Waals surface area (Å²) in [6, 6.07) is 7.50. The molecule has 120 valence electrons. The molecule has 0 radical (unpaired) electrons. The summed E-state index contributed by atoms with van der Waals surface area (Å²) >= 11 is 5.91. The van der Waals surface area contributed by atoms with Gasteiger partial charge in [-0.2, -0.15) is 0 Å². The Morgan fingerprint density at radius 1 is 0.870 bits per heavy atom. The van der Waals surface area contributed by atoms with Crippen LogP contribution in [0.5, 0.6) is 0 Å². The highest BCUT2D eigenvalue weighted by molar-refractivity contribution is 6.30. The molecule has 0 saturated heterocycles. The lowest BCUT2D eigenvalue weighted by molar-refractivity contribution is -0.136. The zero-order valence-electron chi connectivity index (χ0n) is 12.5. The zero-order valence-corrected chi connectivity index (χ0v) is 13.2. The van der Waals surface area contributed by atoms with Crippen molar-refractivity contribution in [1.82, 2.24) is 4.90 Å². The van der Waals surface area contributed by atoms with Gasteiger partial charge in [0.2, 0.25) is 0 Å². The Morgan fingerprint density at radius 2 is 1.39 bits per heavy atom. The first kappa shape index (κ1) is 15.8. The van der Waals surface area contributed by atoms with Crippen molar-refractivity contribution in [3.05, 3.63) is 58.1 Å². The number of rotatable bonds is 6. The third-order valence-electron chi connectivity index (χ3n) is 3.72. The van der Waals surface area contributed by atoms with Crippen LogP contribution in [0.2, 0.25) is 5.02 Å². The van der Waals surface area contributed by atoms with Gasteiger partial charge in [-0.05, 0) is 29.8 Å². The minimum Gasteiger partial charge on any atom is -0.458 e. The van der Waals surface area contributed by atoms with Crippen LogP contribution in [0.4, 0.5) is 0 Å². The molecule has 0 aromatic heterocycles. The Kier molecular flexibility index (Phi) is 4.79. The number of hydrogen-bond donors (Lipinski definition) is 0. The molecule has 23 heavy (non-hydrogen) atoms. The fourth-order valence-electron chi connectivity index (χ4n) is 2.54. The van der Waals surface area contributed by atoms with Crippen LogP contribution < -0.4 is 0 Å². The highest BCUT2D eigenvalue weighted by atomic mass is 35.5. The fraction of sp³-hybridized carbons (Fsp3) is 0.294. The predicted molar refractivity (Wildman–Crippen MR) is 84.8 cm³/mol. The average Bonchev–Trinajstić information content (AvgIpc) is 3.11. The summed E-state index contributed by atoms with van der Waals surface area (Å²) in [6.45, 7) is 2.06. The number of benzene rings is 1. The molecule has 0 bridgehead atoms. The van der Waals surface area contributed by atoms with Gasteiger partial charge >= 0.3 is 11.9 Å². The second-order valence-corrected chi connectivity index (χ2v) is 5.86. The monoisotopic (exact) mass is 333 g/mol. The molecular weight excluding hydrogens is 318 g/mol. The van der Waals surface area contributed by atoms with Gasteiger partial charge in [0.05, 0.1) is 11.1 Å². The van der Waals surface area contributed by atoms with Gasteiger partial charge < -0.3 is 9.47 Å². The third-order valence-corrected chi connectivity index (χ3v) is 3.97. The lowest BCUT2D eigenvalue weighted by Crippen LogP contribution is -2.30. The Morgan fingerprint density at radius 3 is 1.83 bits per heavy atom. The molecule has 0 spiro atoms. The first-order chi connectivity index (χ1) is 11.1. The minimum atomic E-state index is -0.297. The number of hydrogen-bond acceptors (Lipinski definition) is 5. The molecular formula is C17H16ClNO4. The van der Waals surface area contributed by atoms with Crippen LogP contribution in [0, 0.1) is 0 Å². The molecule has 0 saturated carbocycles. The number of cyclic esters (lactones) is 2. The average molecular weight is 334 g/mol. The van der Waals surface area contributed by atoms with Crippen LogP contribution in [0.25, 0.3) is 0 Å². The van der Waals surface area contributed by atoms with Crippen LogP contribution >= 0.6 is 11.6 Å². The lowest BCUT2D eigenvalue weighted by atomic mass is 10.1. The van der Waals surface area contributed by atoms with E-state index in [1.165, 1.54) is 0 Å². The molecule has 0 N–H and O–H groups in total. The van der Waals surface area contributed by atoms with Crippen LogP contribution in [-0.2, 0) is 25.6 Å². The Bertz CT molecular complexity index is 642. The van der Waals surface area contributed by atoms with E-state index in [9.17, 15) is 9.59 Å². The first-order valence-corrected chi connectivity index (χ1v) is 7.69. The van der Waals surface area contributed by atoms with Crippen molar-refractivity contribution in [2.45, 2.75) is 6.54 Å². The van der Waals surface area contributed by atoms with Gasteiger partial charge in [0, 0.05) is 24.7 Å². The van der Waals surface area contributed by atoms with Crippen LogP contribution in [0.1, 0.15) is 5.56 Å².